The van der Waals surface area contributed by atoms with Crippen LogP contribution in [0, 0.1) is 11.8 Å². The second-order valence-electron chi connectivity index (χ2n) is 4.05. The molecule has 1 aromatic carbocycles. The summed E-state index contributed by atoms with van der Waals surface area (Å²) in [6, 6.07) is 4.67. The number of hydrogen-bond acceptors (Lipinski definition) is 4. The van der Waals surface area contributed by atoms with Gasteiger partial charge in [0.1, 0.15) is 13.2 Å². The van der Waals surface area contributed by atoms with Crippen LogP contribution < -0.4 is 0 Å². The van der Waals surface area contributed by atoms with Crippen molar-refractivity contribution in [1.29, 1.82) is 0 Å². The van der Waals surface area contributed by atoms with Crippen LogP contribution in [0.5, 0.6) is 0 Å². The molecule has 1 amide bonds. The summed E-state index contributed by atoms with van der Waals surface area (Å²) >= 11 is 6.04. The highest BCUT2D eigenvalue weighted by Crippen LogP contribution is 2.18. The van der Waals surface area contributed by atoms with E-state index in [4.69, 9.17) is 16.7 Å². The van der Waals surface area contributed by atoms with Crippen LogP contribution >= 0.6 is 11.6 Å². The smallest absolute Gasteiger partial charge is 0.325 e. The Morgan fingerprint density at radius 3 is 2.67 bits per heavy atom. The van der Waals surface area contributed by atoms with Gasteiger partial charge in [-0.25, -0.2) is 0 Å². The topological polar surface area (TPSA) is 66.8 Å². The number of hydrogen-bond donors (Lipinski definition) is 1. The summed E-state index contributed by atoms with van der Waals surface area (Å²) in [4.78, 5) is 24.9. The van der Waals surface area contributed by atoms with E-state index in [0.717, 1.165) is 0 Å². The minimum Gasteiger partial charge on any atom is -0.468 e. The minimum absolute atomic E-state index is 0.116. The third-order valence-electron chi connectivity index (χ3n) is 2.73. The SMILES string of the molecule is CCN(CC(=O)OC)C(=O)c1ccc(C#CCO)c(Cl)c1. The van der Waals surface area contributed by atoms with Crippen molar-refractivity contribution in [2.45, 2.75) is 6.92 Å². The first-order valence-electron chi connectivity index (χ1n) is 6.28. The zero-order chi connectivity index (χ0) is 15.8. The first-order chi connectivity index (χ1) is 10.0. The summed E-state index contributed by atoms with van der Waals surface area (Å²) in [7, 11) is 1.27. The standard InChI is InChI=1S/C15H16ClNO4/c1-3-17(10-14(19)21-2)15(20)12-7-6-11(5-4-8-18)13(16)9-12/h6-7,9,18H,3,8,10H2,1-2H3. The Kier molecular flexibility index (Phi) is 6.73. The van der Waals surface area contributed by atoms with E-state index >= 15 is 0 Å². The minimum atomic E-state index is -0.485. The van der Waals surface area contributed by atoms with Gasteiger partial charge in [0.25, 0.3) is 5.91 Å². The molecule has 0 atom stereocenters. The molecule has 0 radical (unpaired) electrons. The summed E-state index contributed by atoms with van der Waals surface area (Å²) in [5.74, 6) is 4.37. The summed E-state index contributed by atoms with van der Waals surface area (Å²) in [5.41, 5.74) is 0.888. The number of nitrogens with zero attached hydrogens (tertiary/aromatic N) is 1. The number of benzene rings is 1. The zero-order valence-corrected chi connectivity index (χ0v) is 12.6. The van der Waals surface area contributed by atoms with E-state index in [1.807, 2.05) is 0 Å². The molecular weight excluding hydrogens is 294 g/mol. The van der Waals surface area contributed by atoms with Crippen LogP contribution in [0.25, 0.3) is 0 Å². The molecule has 21 heavy (non-hydrogen) atoms. The second kappa shape index (κ2) is 8.30. The summed E-state index contributed by atoms with van der Waals surface area (Å²) in [5, 5.41) is 8.97. The van der Waals surface area contributed by atoms with Gasteiger partial charge in [0, 0.05) is 17.7 Å². The molecule has 0 bridgehead atoms. The average Bonchev–Trinajstić information content (AvgIpc) is 2.50. The summed E-state index contributed by atoms with van der Waals surface area (Å²) < 4.78 is 4.55. The van der Waals surface area contributed by atoms with Gasteiger partial charge >= 0.3 is 5.97 Å². The fourth-order valence-electron chi connectivity index (χ4n) is 1.61. The molecular formula is C15H16ClNO4. The fraction of sp³-hybridized carbons (Fsp3) is 0.333. The average molecular weight is 310 g/mol. The molecule has 0 saturated carbocycles. The van der Waals surface area contributed by atoms with Gasteiger partial charge in [-0.15, -0.1) is 0 Å². The van der Waals surface area contributed by atoms with E-state index in [0.29, 0.717) is 22.7 Å². The van der Waals surface area contributed by atoms with Gasteiger partial charge in [0.2, 0.25) is 0 Å². The van der Waals surface area contributed by atoms with Crippen molar-refractivity contribution < 1.29 is 19.4 Å². The lowest BCUT2D eigenvalue weighted by Crippen LogP contribution is -2.36. The highest BCUT2D eigenvalue weighted by molar-refractivity contribution is 6.32. The molecule has 0 aliphatic rings. The van der Waals surface area contributed by atoms with Crippen molar-refractivity contribution in [3.63, 3.8) is 0 Å². The number of aliphatic hydroxyl groups is 1. The number of rotatable bonds is 4. The fourth-order valence-corrected chi connectivity index (χ4v) is 1.84. The molecule has 0 aliphatic heterocycles. The number of likely N-dealkylation sites (N-methyl/N-ethyl adjacent to an activating group) is 1. The van der Waals surface area contributed by atoms with Crippen LogP contribution in [0.3, 0.4) is 0 Å². The van der Waals surface area contributed by atoms with Crippen molar-refractivity contribution in [2.24, 2.45) is 0 Å². The van der Waals surface area contributed by atoms with E-state index in [2.05, 4.69) is 16.6 Å². The van der Waals surface area contributed by atoms with Crippen molar-refractivity contribution in [3.8, 4) is 11.8 Å². The molecule has 0 fully saturated rings. The van der Waals surface area contributed by atoms with Crippen LogP contribution in [0.4, 0.5) is 0 Å². The number of carbonyl (C=O) groups excluding carboxylic acids is 2. The second-order valence-corrected chi connectivity index (χ2v) is 4.46. The van der Waals surface area contributed by atoms with Crippen molar-refractivity contribution in [3.05, 3.63) is 34.3 Å². The van der Waals surface area contributed by atoms with E-state index in [-0.39, 0.29) is 19.1 Å². The number of ether oxygens (including phenoxy) is 1. The predicted octanol–water partition coefficient (Wildman–Crippen LogP) is 1.32. The van der Waals surface area contributed by atoms with E-state index < -0.39 is 5.97 Å². The van der Waals surface area contributed by atoms with Crippen LogP contribution in [0.15, 0.2) is 18.2 Å². The van der Waals surface area contributed by atoms with Crippen molar-refractivity contribution in [1.82, 2.24) is 4.90 Å². The number of amides is 1. The maximum atomic E-state index is 12.3. The molecule has 5 nitrogen and oxygen atoms in total. The monoisotopic (exact) mass is 309 g/mol. The Bertz CT molecular complexity index is 589. The van der Waals surface area contributed by atoms with E-state index in [1.165, 1.54) is 18.1 Å². The molecule has 6 heteroatoms. The van der Waals surface area contributed by atoms with Crippen LogP contribution in [-0.4, -0.2) is 48.7 Å². The van der Waals surface area contributed by atoms with Crippen molar-refractivity contribution in [2.75, 3.05) is 26.8 Å². The van der Waals surface area contributed by atoms with E-state index in [9.17, 15) is 9.59 Å². The molecule has 1 aromatic rings. The first-order valence-corrected chi connectivity index (χ1v) is 6.66. The molecule has 0 spiro atoms. The van der Waals surface area contributed by atoms with Gasteiger partial charge in [-0.2, -0.15) is 0 Å². The highest BCUT2D eigenvalue weighted by atomic mass is 35.5. The Morgan fingerprint density at radius 1 is 1.43 bits per heavy atom. The molecule has 0 aliphatic carbocycles. The van der Waals surface area contributed by atoms with Gasteiger partial charge in [0.15, 0.2) is 0 Å². The molecule has 0 heterocycles. The van der Waals surface area contributed by atoms with Gasteiger partial charge in [-0.3, -0.25) is 9.59 Å². The van der Waals surface area contributed by atoms with Gasteiger partial charge in [-0.05, 0) is 25.1 Å². The van der Waals surface area contributed by atoms with Gasteiger partial charge < -0.3 is 14.7 Å². The Labute approximate surface area is 128 Å². The molecule has 112 valence electrons. The molecule has 0 unspecified atom stereocenters. The number of esters is 1. The lowest BCUT2D eigenvalue weighted by molar-refractivity contribution is -0.141. The third-order valence-corrected chi connectivity index (χ3v) is 3.05. The Morgan fingerprint density at radius 2 is 2.14 bits per heavy atom. The van der Waals surface area contributed by atoms with Gasteiger partial charge in [-0.1, -0.05) is 23.4 Å². The predicted molar refractivity (Wildman–Crippen MR) is 79.0 cm³/mol. The molecule has 1 rings (SSSR count). The number of methoxy groups -OCH3 is 1. The first kappa shape index (κ1) is 17.0. The number of carbonyl (C=O) groups is 2. The number of halogens is 1. The number of aliphatic hydroxyl groups excluding tert-OH is 1. The largest absolute Gasteiger partial charge is 0.468 e. The lowest BCUT2D eigenvalue weighted by Gasteiger charge is -2.19. The highest BCUT2D eigenvalue weighted by Gasteiger charge is 2.18. The van der Waals surface area contributed by atoms with Crippen LogP contribution in [0.1, 0.15) is 22.8 Å². The zero-order valence-electron chi connectivity index (χ0n) is 11.9. The molecule has 0 aromatic heterocycles. The lowest BCUT2D eigenvalue weighted by atomic mass is 10.1. The normalized spacial score (nSPS) is 9.52. The molecule has 1 N–H and O–H groups in total. The van der Waals surface area contributed by atoms with Crippen molar-refractivity contribution >= 4 is 23.5 Å². The van der Waals surface area contributed by atoms with Crippen LogP contribution in [-0.2, 0) is 9.53 Å². The third kappa shape index (κ3) is 4.78. The van der Waals surface area contributed by atoms with E-state index in [1.54, 1.807) is 19.1 Å². The Balaban J connectivity index is 2.96. The maximum Gasteiger partial charge on any atom is 0.325 e. The quantitative estimate of drug-likeness (QED) is 0.673. The summed E-state index contributed by atoms with van der Waals surface area (Å²) in [6.45, 7) is 1.76. The molecule has 0 saturated heterocycles. The Hall–Kier alpha value is -2.03. The maximum absolute atomic E-state index is 12.3. The van der Waals surface area contributed by atoms with Gasteiger partial charge in [0.05, 0.1) is 12.1 Å². The van der Waals surface area contributed by atoms with Crippen LogP contribution in [0.2, 0.25) is 5.02 Å². The summed E-state index contributed by atoms with van der Waals surface area (Å²) in [6.07, 6.45) is 0.